The number of aryl methyl sites for hydroxylation is 1. The molecule has 1 fully saturated rings. The predicted molar refractivity (Wildman–Crippen MR) is 117 cm³/mol. The minimum absolute atomic E-state index is 0.162. The summed E-state index contributed by atoms with van der Waals surface area (Å²) in [6, 6.07) is 9.97. The van der Waals surface area contributed by atoms with Crippen LogP contribution in [-0.4, -0.2) is 66.6 Å². The van der Waals surface area contributed by atoms with Crippen LogP contribution in [0.4, 0.5) is 4.39 Å². The largest absolute Gasteiger partial charge is 0.377 e. The fourth-order valence-electron chi connectivity index (χ4n) is 4.03. The third kappa shape index (κ3) is 4.24. The highest BCUT2D eigenvalue weighted by Crippen LogP contribution is 2.23. The van der Waals surface area contributed by atoms with Crippen LogP contribution in [0, 0.1) is 12.7 Å². The minimum atomic E-state index is -0.346. The highest BCUT2D eigenvalue weighted by atomic mass is 19.1. The van der Waals surface area contributed by atoms with Crippen LogP contribution < -0.4 is 0 Å². The molecular weight excluding hydrogens is 425 g/mol. The zero-order valence-corrected chi connectivity index (χ0v) is 18.0. The highest BCUT2D eigenvalue weighted by Gasteiger charge is 2.31. The molecule has 9 nitrogen and oxygen atoms in total. The van der Waals surface area contributed by atoms with Crippen LogP contribution in [-0.2, 0) is 11.2 Å². The molecule has 1 atom stereocenters. The van der Waals surface area contributed by atoms with E-state index in [9.17, 15) is 9.18 Å². The number of aromatic nitrogens is 6. The first-order valence-electron chi connectivity index (χ1n) is 10.6. The second kappa shape index (κ2) is 8.91. The molecule has 1 amide bonds. The number of carbonyl (C=O) groups excluding carboxylic acids is 1. The molecule has 0 spiro atoms. The fourth-order valence-corrected chi connectivity index (χ4v) is 4.03. The summed E-state index contributed by atoms with van der Waals surface area (Å²) < 4.78 is 20.4. The van der Waals surface area contributed by atoms with Crippen molar-refractivity contribution in [1.29, 1.82) is 0 Å². The average molecular weight is 447 g/mol. The number of hydrogen-bond donors (Lipinski definition) is 0. The highest BCUT2D eigenvalue weighted by molar-refractivity contribution is 5.98. The number of rotatable bonds is 5. The van der Waals surface area contributed by atoms with Crippen molar-refractivity contribution in [3.05, 3.63) is 83.7 Å². The second-order valence-corrected chi connectivity index (χ2v) is 7.86. The van der Waals surface area contributed by atoms with E-state index in [-0.39, 0.29) is 17.8 Å². The molecule has 1 aliphatic heterocycles. The van der Waals surface area contributed by atoms with Crippen molar-refractivity contribution in [3.8, 4) is 11.4 Å². The molecule has 0 aliphatic carbocycles. The maximum atomic E-state index is 14.7. The van der Waals surface area contributed by atoms with Crippen LogP contribution in [0.1, 0.15) is 21.5 Å². The van der Waals surface area contributed by atoms with Gasteiger partial charge >= 0.3 is 0 Å². The van der Waals surface area contributed by atoms with Crippen molar-refractivity contribution in [2.24, 2.45) is 0 Å². The molecule has 1 unspecified atom stereocenters. The van der Waals surface area contributed by atoms with Crippen molar-refractivity contribution in [2.75, 3.05) is 19.8 Å². The number of morpholine rings is 1. The molecule has 10 heteroatoms. The Hall–Kier alpha value is -3.92. The fraction of sp³-hybridized carbons (Fsp3) is 0.261. The lowest BCUT2D eigenvalue weighted by Gasteiger charge is -2.36. The maximum Gasteiger partial charge on any atom is 0.256 e. The molecule has 5 rings (SSSR count). The van der Waals surface area contributed by atoms with Gasteiger partial charge in [0.05, 0.1) is 61.0 Å². The monoisotopic (exact) mass is 447 g/mol. The first kappa shape index (κ1) is 21.0. The van der Waals surface area contributed by atoms with E-state index < -0.39 is 0 Å². The van der Waals surface area contributed by atoms with Crippen LogP contribution in [0.5, 0.6) is 0 Å². The molecule has 4 aromatic rings. The molecule has 3 heterocycles. The van der Waals surface area contributed by atoms with Gasteiger partial charge in [-0.2, -0.15) is 30.0 Å². The Labute approximate surface area is 189 Å². The van der Waals surface area contributed by atoms with Gasteiger partial charge in [-0.05, 0) is 49.2 Å². The van der Waals surface area contributed by atoms with Gasteiger partial charge in [0.2, 0.25) is 0 Å². The third-order valence-electron chi connectivity index (χ3n) is 5.64. The Morgan fingerprint density at radius 1 is 1.03 bits per heavy atom. The van der Waals surface area contributed by atoms with Crippen molar-refractivity contribution < 1.29 is 13.9 Å². The molecule has 0 bridgehead atoms. The van der Waals surface area contributed by atoms with E-state index in [2.05, 4.69) is 20.4 Å². The van der Waals surface area contributed by atoms with Gasteiger partial charge in [0.25, 0.3) is 5.91 Å². The summed E-state index contributed by atoms with van der Waals surface area (Å²) in [5, 5.41) is 16.6. The van der Waals surface area contributed by atoms with E-state index >= 15 is 0 Å². The Balaban J connectivity index is 1.46. The normalized spacial score (nSPS) is 16.2. The summed E-state index contributed by atoms with van der Waals surface area (Å²) >= 11 is 0. The number of halogens is 1. The van der Waals surface area contributed by atoms with Gasteiger partial charge in [0, 0.05) is 6.54 Å². The minimum Gasteiger partial charge on any atom is -0.377 e. The molecule has 33 heavy (non-hydrogen) atoms. The van der Waals surface area contributed by atoms with Crippen LogP contribution in [0.3, 0.4) is 0 Å². The lowest BCUT2D eigenvalue weighted by molar-refractivity contribution is -0.00186. The third-order valence-corrected chi connectivity index (χ3v) is 5.64. The second-order valence-electron chi connectivity index (χ2n) is 7.86. The van der Waals surface area contributed by atoms with Crippen molar-refractivity contribution in [1.82, 2.24) is 34.9 Å². The van der Waals surface area contributed by atoms with E-state index in [1.54, 1.807) is 41.8 Å². The zero-order valence-electron chi connectivity index (χ0n) is 18.0. The van der Waals surface area contributed by atoms with Crippen LogP contribution in [0.25, 0.3) is 11.4 Å². The number of amides is 1. The van der Waals surface area contributed by atoms with Gasteiger partial charge < -0.3 is 9.64 Å². The van der Waals surface area contributed by atoms with Gasteiger partial charge in [-0.25, -0.2) is 4.39 Å². The summed E-state index contributed by atoms with van der Waals surface area (Å²) in [5.41, 5.74) is 3.16. The zero-order chi connectivity index (χ0) is 22.8. The van der Waals surface area contributed by atoms with Crippen molar-refractivity contribution >= 4 is 5.91 Å². The molecule has 2 aromatic carbocycles. The summed E-state index contributed by atoms with van der Waals surface area (Å²) in [6.45, 7) is 3.07. The molecule has 168 valence electrons. The molecule has 0 radical (unpaired) electrons. The summed E-state index contributed by atoms with van der Waals surface area (Å²) in [7, 11) is 0. The van der Waals surface area contributed by atoms with Crippen molar-refractivity contribution in [2.45, 2.75) is 19.4 Å². The molecule has 1 saturated heterocycles. The smallest absolute Gasteiger partial charge is 0.256 e. The van der Waals surface area contributed by atoms with E-state index in [0.717, 1.165) is 5.56 Å². The van der Waals surface area contributed by atoms with Gasteiger partial charge in [-0.1, -0.05) is 11.6 Å². The van der Waals surface area contributed by atoms with Crippen LogP contribution >= 0.6 is 0 Å². The average Bonchev–Trinajstić information content (AvgIpc) is 3.55. The van der Waals surface area contributed by atoms with E-state index in [4.69, 9.17) is 4.74 Å². The lowest BCUT2D eigenvalue weighted by atomic mass is 10.0. The number of hydrogen-bond acceptors (Lipinski definition) is 6. The van der Waals surface area contributed by atoms with Gasteiger partial charge in [0.15, 0.2) is 0 Å². The Morgan fingerprint density at radius 2 is 1.76 bits per heavy atom. The van der Waals surface area contributed by atoms with E-state index in [1.165, 1.54) is 15.7 Å². The Bertz CT molecular complexity index is 1260. The van der Waals surface area contributed by atoms with Crippen molar-refractivity contribution in [3.63, 3.8) is 0 Å². The van der Waals surface area contributed by atoms with Gasteiger partial charge in [0.1, 0.15) is 5.82 Å². The first-order valence-corrected chi connectivity index (χ1v) is 10.6. The van der Waals surface area contributed by atoms with E-state index in [1.807, 2.05) is 25.1 Å². The number of ether oxygens (including phenoxy) is 1. The molecule has 0 N–H and O–H groups in total. The van der Waals surface area contributed by atoms with Crippen LogP contribution in [0.15, 0.2) is 61.2 Å². The maximum absolute atomic E-state index is 14.7. The SMILES string of the molecule is Cc1ccc(-n2nccn2)c(C(=O)N2CCOCC2Cc2cc(-n3nccn3)ccc2F)c1. The lowest BCUT2D eigenvalue weighted by Crippen LogP contribution is -2.50. The molecule has 0 saturated carbocycles. The molecular formula is C23H22FN7O2. The topological polar surface area (TPSA) is 91.0 Å². The predicted octanol–water partition coefficient (Wildman–Crippen LogP) is 2.38. The quantitative estimate of drug-likeness (QED) is 0.467. The van der Waals surface area contributed by atoms with E-state index in [0.29, 0.717) is 48.7 Å². The first-order chi connectivity index (χ1) is 16.1. The Morgan fingerprint density at radius 3 is 2.52 bits per heavy atom. The summed E-state index contributed by atoms with van der Waals surface area (Å²) in [5.74, 6) is -0.509. The number of benzene rings is 2. The van der Waals surface area contributed by atoms with Gasteiger partial charge in [-0.15, -0.1) is 0 Å². The number of carbonyl (C=O) groups is 1. The molecule has 2 aromatic heterocycles. The number of nitrogens with zero attached hydrogens (tertiary/aromatic N) is 7. The summed E-state index contributed by atoms with van der Waals surface area (Å²) in [4.78, 5) is 18.3. The molecule has 1 aliphatic rings. The standard InChI is InChI=1S/C23H22FN7O2/c1-16-2-5-22(31-27-8-9-28-31)20(12-16)23(32)29-10-11-33-15-19(29)14-17-13-18(3-4-21(17)24)30-25-6-7-26-30/h2-9,12-13,19H,10-11,14-15H2,1H3. The van der Waals surface area contributed by atoms with Crippen LogP contribution in [0.2, 0.25) is 0 Å². The van der Waals surface area contributed by atoms with Gasteiger partial charge in [-0.3, -0.25) is 4.79 Å². The summed E-state index contributed by atoms with van der Waals surface area (Å²) in [6.07, 6.45) is 6.55. The Kier molecular flexibility index (Phi) is 5.66.